The molecule has 1 aliphatic heterocycles. The highest BCUT2D eigenvalue weighted by Gasteiger charge is 2.26. The van der Waals surface area contributed by atoms with Crippen LogP contribution in [0.2, 0.25) is 0 Å². The number of nitrogens with two attached hydrogens (primary N) is 1. The van der Waals surface area contributed by atoms with Crippen LogP contribution in [0, 0.1) is 17.2 Å². The number of rotatable bonds is 5. The molecule has 9 nitrogen and oxygen atoms in total. The standard InChI is InChI=1S/C20H22N6O3/c1-2-23-19(28)14(12-21)11-15-18(25-9-6-13(7-10-25)17(22)27)24-16-5-3-4-8-26(16)20(15)29/h3-5,8,11,13H,2,6-7,9-10H2,1H3,(H2,22,27)(H,23,28)/b14-11+. The molecule has 29 heavy (non-hydrogen) atoms. The number of carbonyl (C=O) groups is 2. The number of piperidine rings is 1. The molecular formula is C20H22N6O3. The van der Waals surface area contributed by atoms with Crippen molar-refractivity contribution in [3.05, 3.63) is 45.9 Å². The van der Waals surface area contributed by atoms with E-state index in [2.05, 4.69) is 10.3 Å². The second kappa shape index (κ2) is 8.56. The molecule has 0 spiro atoms. The molecule has 2 amide bonds. The minimum atomic E-state index is -0.550. The number of hydrogen-bond acceptors (Lipinski definition) is 6. The largest absolute Gasteiger partial charge is 0.369 e. The molecule has 1 fully saturated rings. The average Bonchev–Trinajstić information content (AvgIpc) is 2.73. The highest BCUT2D eigenvalue weighted by molar-refractivity contribution is 6.02. The number of aromatic nitrogens is 2. The Morgan fingerprint density at radius 2 is 2.10 bits per heavy atom. The average molecular weight is 394 g/mol. The molecular weight excluding hydrogens is 372 g/mol. The first-order valence-corrected chi connectivity index (χ1v) is 9.42. The van der Waals surface area contributed by atoms with Gasteiger partial charge in [0.15, 0.2) is 0 Å². The van der Waals surface area contributed by atoms with Gasteiger partial charge in [-0.2, -0.15) is 5.26 Å². The highest BCUT2D eigenvalue weighted by atomic mass is 16.2. The maximum Gasteiger partial charge on any atom is 0.267 e. The summed E-state index contributed by atoms with van der Waals surface area (Å²) in [4.78, 5) is 43.3. The van der Waals surface area contributed by atoms with Gasteiger partial charge in [0.2, 0.25) is 5.91 Å². The molecule has 3 N–H and O–H groups in total. The minimum Gasteiger partial charge on any atom is -0.369 e. The lowest BCUT2D eigenvalue weighted by Gasteiger charge is -2.32. The number of fused-ring (bicyclic) bond motifs is 1. The number of nitrogens with one attached hydrogen (secondary N) is 1. The van der Waals surface area contributed by atoms with Crippen LogP contribution < -0.4 is 21.5 Å². The summed E-state index contributed by atoms with van der Waals surface area (Å²) in [5, 5.41) is 12.0. The van der Waals surface area contributed by atoms with Crippen LogP contribution >= 0.6 is 0 Å². The number of hydrogen-bond donors (Lipinski definition) is 2. The zero-order valence-corrected chi connectivity index (χ0v) is 16.1. The van der Waals surface area contributed by atoms with E-state index >= 15 is 0 Å². The number of pyridine rings is 1. The van der Waals surface area contributed by atoms with Crippen molar-refractivity contribution in [2.24, 2.45) is 11.7 Å². The normalized spacial score (nSPS) is 15.2. The predicted octanol–water partition coefficient (Wildman–Crippen LogP) is 0.439. The van der Waals surface area contributed by atoms with Crippen LogP contribution in [0.5, 0.6) is 0 Å². The number of nitrogens with zero attached hydrogens (tertiary/aromatic N) is 4. The van der Waals surface area contributed by atoms with E-state index in [1.165, 1.54) is 10.5 Å². The van der Waals surface area contributed by atoms with E-state index in [4.69, 9.17) is 5.73 Å². The van der Waals surface area contributed by atoms with Crippen LogP contribution in [0.25, 0.3) is 11.7 Å². The third kappa shape index (κ3) is 4.11. The maximum atomic E-state index is 13.1. The number of anilines is 1. The van der Waals surface area contributed by atoms with E-state index in [1.807, 2.05) is 11.0 Å². The monoisotopic (exact) mass is 394 g/mol. The Labute approximate surface area is 167 Å². The third-order valence-corrected chi connectivity index (χ3v) is 4.94. The van der Waals surface area contributed by atoms with Crippen LogP contribution in [-0.4, -0.2) is 40.8 Å². The zero-order chi connectivity index (χ0) is 21.0. The van der Waals surface area contributed by atoms with Crippen molar-refractivity contribution in [3.63, 3.8) is 0 Å². The molecule has 2 aromatic rings. The highest BCUT2D eigenvalue weighted by Crippen LogP contribution is 2.25. The lowest BCUT2D eigenvalue weighted by Crippen LogP contribution is -2.40. The Balaban J connectivity index is 2.12. The van der Waals surface area contributed by atoms with E-state index in [1.54, 1.807) is 31.3 Å². The van der Waals surface area contributed by atoms with Crippen molar-refractivity contribution in [3.8, 4) is 6.07 Å². The summed E-state index contributed by atoms with van der Waals surface area (Å²) in [7, 11) is 0. The van der Waals surface area contributed by atoms with Gasteiger partial charge in [-0.1, -0.05) is 6.07 Å². The van der Waals surface area contributed by atoms with Gasteiger partial charge in [0.05, 0.1) is 5.56 Å². The quantitative estimate of drug-likeness (QED) is 0.558. The number of primary amides is 1. The van der Waals surface area contributed by atoms with E-state index in [-0.39, 0.29) is 28.5 Å². The van der Waals surface area contributed by atoms with Gasteiger partial charge in [0.1, 0.15) is 23.1 Å². The second-order valence-electron chi connectivity index (χ2n) is 6.78. The Morgan fingerprint density at radius 1 is 1.38 bits per heavy atom. The fraction of sp³-hybridized carbons (Fsp3) is 0.350. The summed E-state index contributed by atoms with van der Waals surface area (Å²) in [5.41, 5.74) is 5.48. The molecule has 150 valence electrons. The molecule has 0 bridgehead atoms. The zero-order valence-electron chi connectivity index (χ0n) is 16.1. The molecule has 1 saturated heterocycles. The Morgan fingerprint density at radius 3 is 2.72 bits per heavy atom. The Bertz CT molecular complexity index is 1070. The van der Waals surface area contributed by atoms with Gasteiger partial charge in [0, 0.05) is 31.7 Å². The molecule has 2 aromatic heterocycles. The summed E-state index contributed by atoms with van der Waals surface area (Å²) in [6.07, 6.45) is 3.98. The minimum absolute atomic E-state index is 0.161. The molecule has 3 heterocycles. The van der Waals surface area contributed by atoms with Crippen molar-refractivity contribution in [2.75, 3.05) is 24.5 Å². The van der Waals surface area contributed by atoms with Gasteiger partial charge >= 0.3 is 0 Å². The van der Waals surface area contributed by atoms with Crippen LogP contribution in [0.15, 0.2) is 34.8 Å². The lowest BCUT2D eigenvalue weighted by molar-refractivity contribution is -0.122. The van der Waals surface area contributed by atoms with E-state index < -0.39 is 5.91 Å². The number of nitriles is 1. The molecule has 0 aliphatic carbocycles. The van der Waals surface area contributed by atoms with Gasteiger partial charge in [-0.3, -0.25) is 18.8 Å². The van der Waals surface area contributed by atoms with E-state index in [0.717, 1.165) is 0 Å². The summed E-state index contributed by atoms with van der Waals surface area (Å²) in [5.74, 6) is -0.705. The van der Waals surface area contributed by atoms with Gasteiger partial charge in [-0.05, 0) is 38.0 Å². The van der Waals surface area contributed by atoms with Crippen molar-refractivity contribution in [1.82, 2.24) is 14.7 Å². The molecule has 9 heteroatoms. The van der Waals surface area contributed by atoms with Crippen LogP contribution in [-0.2, 0) is 9.59 Å². The van der Waals surface area contributed by atoms with Crippen LogP contribution in [0.3, 0.4) is 0 Å². The van der Waals surface area contributed by atoms with Crippen molar-refractivity contribution in [1.29, 1.82) is 5.26 Å². The van der Waals surface area contributed by atoms with Crippen molar-refractivity contribution < 1.29 is 9.59 Å². The van der Waals surface area contributed by atoms with Crippen LogP contribution in [0.1, 0.15) is 25.3 Å². The topological polar surface area (TPSA) is 134 Å². The molecule has 0 atom stereocenters. The summed E-state index contributed by atoms with van der Waals surface area (Å²) >= 11 is 0. The molecule has 3 rings (SSSR count). The number of amides is 2. The van der Waals surface area contributed by atoms with Gasteiger partial charge in [-0.15, -0.1) is 0 Å². The van der Waals surface area contributed by atoms with E-state index in [9.17, 15) is 19.6 Å². The number of likely N-dealkylation sites (N-methyl/N-ethyl adjacent to an activating group) is 1. The first kappa shape index (κ1) is 20.1. The predicted molar refractivity (Wildman–Crippen MR) is 108 cm³/mol. The fourth-order valence-electron chi connectivity index (χ4n) is 3.38. The summed E-state index contributed by atoms with van der Waals surface area (Å²) in [6.45, 7) is 3.09. The fourth-order valence-corrected chi connectivity index (χ4v) is 3.38. The van der Waals surface area contributed by atoms with Gasteiger partial charge < -0.3 is 16.0 Å². The summed E-state index contributed by atoms with van der Waals surface area (Å²) in [6, 6.07) is 7.05. The molecule has 0 aromatic carbocycles. The van der Waals surface area contributed by atoms with Crippen molar-refractivity contribution in [2.45, 2.75) is 19.8 Å². The van der Waals surface area contributed by atoms with Crippen molar-refractivity contribution >= 4 is 29.4 Å². The summed E-state index contributed by atoms with van der Waals surface area (Å²) < 4.78 is 1.37. The van der Waals surface area contributed by atoms with Gasteiger partial charge in [-0.25, -0.2) is 4.98 Å². The Hall–Kier alpha value is -3.67. The van der Waals surface area contributed by atoms with E-state index in [0.29, 0.717) is 43.9 Å². The van der Waals surface area contributed by atoms with Crippen LogP contribution in [0.4, 0.5) is 5.82 Å². The smallest absolute Gasteiger partial charge is 0.267 e. The Kier molecular flexibility index (Phi) is 5.93. The molecule has 0 unspecified atom stereocenters. The number of carbonyl (C=O) groups excluding carboxylic acids is 2. The SMILES string of the molecule is CCNC(=O)/C(C#N)=C/c1c(N2CCC(C(N)=O)CC2)nc2ccccn2c1=O. The first-order chi connectivity index (χ1) is 14.0. The molecule has 0 radical (unpaired) electrons. The second-order valence-corrected chi connectivity index (χ2v) is 6.78. The third-order valence-electron chi connectivity index (χ3n) is 4.94. The van der Waals surface area contributed by atoms with Gasteiger partial charge in [0.25, 0.3) is 11.5 Å². The maximum absolute atomic E-state index is 13.1. The lowest BCUT2D eigenvalue weighted by atomic mass is 9.96. The molecule has 1 aliphatic rings. The first-order valence-electron chi connectivity index (χ1n) is 9.42. The molecule has 0 saturated carbocycles.